The predicted octanol–water partition coefficient (Wildman–Crippen LogP) is 5.50. The Balaban J connectivity index is 1.58. The predicted molar refractivity (Wildman–Crippen MR) is 110 cm³/mol. The van der Waals surface area contributed by atoms with Crippen molar-refractivity contribution in [1.29, 1.82) is 0 Å². The lowest BCUT2D eigenvalue weighted by Crippen LogP contribution is -2.30. The van der Waals surface area contributed by atoms with Crippen LogP contribution in [0.15, 0.2) is 46.9 Å². The molecule has 4 nitrogen and oxygen atoms in total. The molecule has 0 radical (unpaired) electrons. The summed E-state index contributed by atoms with van der Waals surface area (Å²) in [5.74, 6) is 0.271. The van der Waals surface area contributed by atoms with Gasteiger partial charge in [-0.2, -0.15) is 0 Å². The third-order valence-electron chi connectivity index (χ3n) is 4.42. The zero-order chi connectivity index (χ0) is 18.5. The molecule has 1 heterocycles. The maximum Gasteiger partial charge on any atom is 0.265 e. The SMILES string of the molecule is CC(Oc1ccc(Br)cc1Cl)C(=O)Nc1ccc(N2CCCCC2)cc1. The minimum atomic E-state index is -0.657. The first-order chi connectivity index (χ1) is 12.5. The number of anilines is 2. The van der Waals surface area contributed by atoms with Gasteiger partial charge in [-0.05, 0) is 68.7 Å². The summed E-state index contributed by atoms with van der Waals surface area (Å²) in [6, 6.07) is 13.3. The Hall–Kier alpha value is -1.72. The molecule has 0 bridgehead atoms. The quantitative estimate of drug-likeness (QED) is 0.671. The fourth-order valence-corrected chi connectivity index (χ4v) is 3.68. The molecule has 1 N–H and O–H groups in total. The molecule has 0 aromatic heterocycles. The van der Waals surface area contributed by atoms with Gasteiger partial charge in [0.05, 0.1) is 5.02 Å². The third-order valence-corrected chi connectivity index (χ3v) is 5.21. The van der Waals surface area contributed by atoms with Crippen LogP contribution < -0.4 is 15.0 Å². The number of hydrogen-bond acceptors (Lipinski definition) is 3. The largest absolute Gasteiger partial charge is 0.479 e. The summed E-state index contributed by atoms with van der Waals surface area (Å²) in [5, 5.41) is 3.35. The minimum absolute atomic E-state index is 0.213. The lowest BCUT2D eigenvalue weighted by molar-refractivity contribution is -0.122. The van der Waals surface area contributed by atoms with Crippen molar-refractivity contribution in [2.24, 2.45) is 0 Å². The van der Waals surface area contributed by atoms with E-state index in [2.05, 4.69) is 38.3 Å². The van der Waals surface area contributed by atoms with Crippen LogP contribution in [0.5, 0.6) is 5.75 Å². The summed E-state index contributed by atoms with van der Waals surface area (Å²) < 4.78 is 6.54. The van der Waals surface area contributed by atoms with Crippen LogP contribution in [0.1, 0.15) is 26.2 Å². The summed E-state index contributed by atoms with van der Waals surface area (Å²) in [4.78, 5) is 14.8. The molecular weight excluding hydrogens is 416 g/mol. The van der Waals surface area contributed by atoms with Crippen molar-refractivity contribution >= 4 is 44.8 Å². The van der Waals surface area contributed by atoms with E-state index in [0.717, 1.165) is 23.2 Å². The number of benzene rings is 2. The minimum Gasteiger partial charge on any atom is -0.479 e. The average molecular weight is 438 g/mol. The Labute approximate surface area is 167 Å². The zero-order valence-corrected chi connectivity index (χ0v) is 17.0. The van der Waals surface area contributed by atoms with Crippen molar-refractivity contribution in [2.45, 2.75) is 32.3 Å². The number of rotatable bonds is 5. The van der Waals surface area contributed by atoms with Gasteiger partial charge >= 0.3 is 0 Å². The fourth-order valence-electron chi connectivity index (χ4n) is 2.97. The van der Waals surface area contributed by atoms with E-state index in [4.69, 9.17) is 16.3 Å². The molecule has 26 heavy (non-hydrogen) atoms. The zero-order valence-electron chi connectivity index (χ0n) is 14.7. The Kier molecular flexibility index (Phi) is 6.43. The Morgan fingerprint density at radius 1 is 1.15 bits per heavy atom. The number of carbonyl (C=O) groups is 1. The smallest absolute Gasteiger partial charge is 0.265 e. The number of hydrogen-bond donors (Lipinski definition) is 1. The van der Waals surface area contributed by atoms with E-state index in [1.165, 1.54) is 24.9 Å². The highest BCUT2D eigenvalue weighted by Gasteiger charge is 2.17. The van der Waals surface area contributed by atoms with Gasteiger partial charge in [-0.15, -0.1) is 0 Å². The summed E-state index contributed by atoms with van der Waals surface area (Å²) in [5.41, 5.74) is 1.96. The summed E-state index contributed by atoms with van der Waals surface area (Å²) in [6.45, 7) is 3.91. The van der Waals surface area contributed by atoms with Crippen LogP contribution in [0.25, 0.3) is 0 Å². The number of ether oxygens (including phenoxy) is 1. The molecular formula is C20H22BrClN2O2. The van der Waals surface area contributed by atoms with Crippen molar-refractivity contribution in [3.63, 3.8) is 0 Å². The third kappa shape index (κ3) is 4.92. The number of nitrogens with zero attached hydrogens (tertiary/aromatic N) is 1. The summed E-state index contributed by atoms with van der Waals surface area (Å²) in [6.07, 6.45) is 3.14. The topological polar surface area (TPSA) is 41.6 Å². The highest BCUT2D eigenvalue weighted by Crippen LogP contribution is 2.29. The van der Waals surface area contributed by atoms with Gasteiger partial charge in [-0.3, -0.25) is 4.79 Å². The molecule has 0 aliphatic carbocycles. The van der Waals surface area contributed by atoms with E-state index in [1.807, 2.05) is 18.2 Å². The van der Waals surface area contributed by atoms with E-state index >= 15 is 0 Å². The Morgan fingerprint density at radius 3 is 2.50 bits per heavy atom. The first-order valence-electron chi connectivity index (χ1n) is 8.80. The number of amides is 1. The fraction of sp³-hybridized carbons (Fsp3) is 0.350. The van der Waals surface area contributed by atoms with E-state index in [1.54, 1.807) is 19.1 Å². The second-order valence-corrected chi connectivity index (χ2v) is 7.74. The van der Waals surface area contributed by atoms with Crippen LogP contribution in [0, 0.1) is 0 Å². The van der Waals surface area contributed by atoms with Gasteiger partial charge < -0.3 is 15.0 Å². The van der Waals surface area contributed by atoms with E-state index < -0.39 is 6.10 Å². The number of piperidine rings is 1. The second-order valence-electron chi connectivity index (χ2n) is 6.42. The molecule has 1 aliphatic rings. The number of nitrogens with one attached hydrogen (secondary N) is 1. The van der Waals surface area contributed by atoms with E-state index in [9.17, 15) is 4.79 Å². The van der Waals surface area contributed by atoms with Crippen molar-refractivity contribution in [2.75, 3.05) is 23.3 Å². The first-order valence-corrected chi connectivity index (χ1v) is 9.97. The maximum atomic E-state index is 12.4. The molecule has 1 aliphatic heterocycles. The van der Waals surface area contributed by atoms with Gasteiger partial charge in [-0.25, -0.2) is 0 Å². The van der Waals surface area contributed by atoms with E-state index in [0.29, 0.717) is 10.8 Å². The Bertz CT molecular complexity index is 761. The molecule has 3 rings (SSSR count). The molecule has 1 unspecified atom stereocenters. The monoisotopic (exact) mass is 436 g/mol. The van der Waals surface area contributed by atoms with Crippen molar-refractivity contribution in [3.05, 3.63) is 52.0 Å². The van der Waals surface area contributed by atoms with Crippen LogP contribution >= 0.6 is 27.5 Å². The molecule has 0 saturated carbocycles. The molecule has 2 aromatic carbocycles. The molecule has 1 amide bonds. The Morgan fingerprint density at radius 2 is 1.85 bits per heavy atom. The van der Waals surface area contributed by atoms with E-state index in [-0.39, 0.29) is 5.91 Å². The average Bonchev–Trinajstić information content (AvgIpc) is 2.65. The maximum absolute atomic E-state index is 12.4. The molecule has 6 heteroatoms. The molecule has 1 saturated heterocycles. The standard InChI is InChI=1S/C20H22BrClN2O2/c1-14(26-19-10-5-15(21)13-18(19)22)20(25)23-16-6-8-17(9-7-16)24-11-3-2-4-12-24/h5-10,13-14H,2-4,11-12H2,1H3,(H,23,25). The van der Waals surface area contributed by atoms with Gasteiger partial charge in [0.15, 0.2) is 6.10 Å². The molecule has 138 valence electrons. The van der Waals surface area contributed by atoms with Gasteiger partial charge in [0, 0.05) is 28.9 Å². The molecule has 1 fully saturated rings. The molecule has 1 atom stereocenters. The number of carbonyl (C=O) groups excluding carboxylic acids is 1. The van der Waals surface area contributed by atoms with Crippen LogP contribution in [0.2, 0.25) is 5.02 Å². The van der Waals surface area contributed by atoms with Crippen molar-refractivity contribution < 1.29 is 9.53 Å². The van der Waals surface area contributed by atoms with Crippen LogP contribution in [-0.4, -0.2) is 25.1 Å². The normalized spacial score (nSPS) is 15.4. The lowest BCUT2D eigenvalue weighted by Gasteiger charge is -2.28. The molecule has 0 spiro atoms. The highest BCUT2D eigenvalue weighted by atomic mass is 79.9. The number of halogens is 2. The van der Waals surface area contributed by atoms with Gasteiger partial charge in [-0.1, -0.05) is 27.5 Å². The lowest BCUT2D eigenvalue weighted by atomic mass is 10.1. The van der Waals surface area contributed by atoms with Crippen LogP contribution in [0.3, 0.4) is 0 Å². The van der Waals surface area contributed by atoms with Crippen molar-refractivity contribution in [3.8, 4) is 5.75 Å². The highest BCUT2D eigenvalue weighted by molar-refractivity contribution is 9.10. The van der Waals surface area contributed by atoms with Crippen molar-refractivity contribution in [1.82, 2.24) is 0 Å². The molecule has 2 aromatic rings. The second kappa shape index (κ2) is 8.78. The van der Waals surface area contributed by atoms with Crippen LogP contribution in [0.4, 0.5) is 11.4 Å². The summed E-state index contributed by atoms with van der Waals surface area (Å²) in [7, 11) is 0. The van der Waals surface area contributed by atoms with Gasteiger partial charge in [0.25, 0.3) is 5.91 Å². The van der Waals surface area contributed by atoms with Gasteiger partial charge in [0.1, 0.15) is 5.75 Å². The summed E-state index contributed by atoms with van der Waals surface area (Å²) >= 11 is 9.49. The van der Waals surface area contributed by atoms with Gasteiger partial charge in [0.2, 0.25) is 0 Å². The van der Waals surface area contributed by atoms with Crippen LogP contribution in [-0.2, 0) is 4.79 Å². The first kappa shape index (κ1) is 19.1.